The first kappa shape index (κ1) is 15.5. The van der Waals surface area contributed by atoms with E-state index in [0.717, 1.165) is 0 Å². The minimum absolute atomic E-state index is 0.0399. The van der Waals surface area contributed by atoms with E-state index in [2.05, 4.69) is 0 Å². The van der Waals surface area contributed by atoms with Gasteiger partial charge in [0, 0.05) is 31.7 Å². The van der Waals surface area contributed by atoms with Crippen molar-refractivity contribution in [2.24, 2.45) is 5.92 Å². The number of nitrogens with zero attached hydrogens (tertiary/aromatic N) is 1. The molecule has 0 spiro atoms. The minimum Gasteiger partial charge on any atom is -0.506 e. The molecule has 1 aromatic carbocycles. The maximum Gasteiger partial charge on any atom is 0.227 e. The summed E-state index contributed by atoms with van der Waals surface area (Å²) in [6.45, 7) is 1.99. The van der Waals surface area contributed by atoms with Crippen LogP contribution in [-0.4, -0.2) is 28.4 Å². The molecule has 1 unspecified atom stereocenters. The molecule has 1 N–H and O–H groups in total. The lowest BCUT2D eigenvalue weighted by atomic mass is 10.1. The highest BCUT2D eigenvalue weighted by Gasteiger charge is 2.32. The molecule has 1 amide bonds. The molecule has 7 heteroatoms. The zero-order chi connectivity index (χ0) is 14.9. The standard InChI is InChI=1S/C13H13Cl2NO3S/c1-7(17)20-6-8-2-13(19)16(5-8)11-4-12(18)10(15)3-9(11)14/h3-4,8,18H,2,5-6H2,1H3. The van der Waals surface area contributed by atoms with Crippen molar-refractivity contribution in [3.63, 3.8) is 0 Å². The van der Waals surface area contributed by atoms with Crippen molar-refractivity contribution in [3.8, 4) is 5.75 Å². The second-order valence-corrected chi connectivity index (χ2v) is 6.64. The lowest BCUT2D eigenvalue weighted by Crippen LogP contribution is -2.25. The van der Waals surface area contributed by atoms with E-state index in [4.69, 9.17) is 23.2 Å². The summed E-state index contributed by atoms with van der Waals surface area (Å²) in [5, 5.41) is 10.1. The van der Waals surface area contributed by atoms with Crippen molar-refractivity contribution in [1.82, 2.24) is 0 Å². The smallest absolute Gasteiger partial charge is 0.227 e. The molecule has 1 fully saturated rings. The minimum atomic E-state index is -0.111. The van der Waals surface area contributed by atoms with E-state index in [-0.39, 0.29) is 27.7 Å². The molecule has 0 bridgehead atoms. The fourth-order valence-corrected chi connectivity index (χ4v) is 3.27. The van der Waals surface area contributed by atoms with Gasteiger partial charge in [-0.05, 0) is 12.0 Å². The maximum absolute atomic E-state index is 12.0. The van der Waals surface area contributed by atoms with Gasteiger partial charge in [0.05, 0.1) is 15.7 Å². The highest BCUT2D eigenvalue weighted by molar-refractivity contribution is 8.13. The molecule has 4 nitrogen and oxygen atoms in total. The lowest BCUT2D eigenvalue weighted by molar-refractivity contribution is -0.117. The monoisotopic (exact) mass is 333 g/mol. The summed E-state index contributed by atoms with van der Waals surface area (Å²) in [5.74, 6) is 0.530. The second-order valence-electron chi connectivity index (χ2n) is 4.63. The van der Waals surface area contributed by atoms with Gasteiger partial charge >= 0.3 is 0 Å². The van der Waals surface area contributed by atoms with Crippen molar-refractivity contribution in [2.75, 3.05) is 17.2 Å². The first-order valence-electron chi connectivity index (χ1n) is 6.00. The van der Waals surface area contributed by atoms with Crippen molar-refractivity contribution >= 4 is 51.7 Å². The highest BCUT2D eigenvalue weighted by atomic mass is 35.5. The first-order valence-corrected chi connectivity index (χ1v) is 7.74. The second kappa shape index (κ2) is 6.24. The third-order valence-electron chi connectivity index (χ3n) is 3.03. The molecule has 1 saturated heterocycles. The maximum atomic E-state index is 12.0. The molecule has 0 aromatic heterocycles. The third kappa shape index (κ3) is 3.40. The van der Waals surface area contributed by atoms with Gasteiger partial charge in [-0.15, -0.1) is 0 Å². The van der Waals surface area contributed by atoms with Crippen LogP contribution in [0.15, 0.2) is 12.1 Å². The van der Waals surface area contributed by atoms with Gasteiger partial charge in [-0.1, -0.05) is 35.0 Å². The van der Waals surface area contributed by atoms with Crippen molar-refractivity contribution in [2.45, 2.75) is 13.3 Å². The SMILES string of the molecule is CC(=O)SCC1CC(=O)N(c2cc(O)c(Cl)cc2Cl)C1. The summed E-state index contributed by atoms with van der Waals surface area (Å²) in [5.41, 5.74) is 0.453. The Morgan fingerprint density at radius 1 is 1.45 bits per heavy atom. The van der Waals surface area contributed by atoms with Gasteiger partial charge in [0.25, 0.3) is 0 Å². The van der Waals surface area contributed by atoms with E-state index in [9.17, 15) is 14.7 Å². The average molecular weight is 334 g/mol. The largest absolute Gasteiger partial charge is 0.506 e. The Kier molecular flexibility index (Phi) is 4.83. The number of halogens is 2. The number of carbonyl (C=O) groups excluding carboxylic acids is 2. The summed E-state index contributed by atoms with van der Waals surface area (Å²) < 4.78 is 0. The van der Waals surface area contributed by atoms with Crippen LogP contribution in [-0.2, 0) is 9.59 Å². The van der Waals surface area contributed by atoms with Crippen LogP contribution in [0.3, 0.4) is 0 Å². The van der Waals surface area contributed by atoms with Crippen LogP contribution in [0.1, 0.15) is 13.3 Å². The van der Waals surface area contributed by atoms with Crippen LogP contribution >= 0.6 is 35.0 Å². The molecular weight excluding hydrogens is 321 g/mol. The van der Waals surface area contributed by atoms with Crippen molar-refractivity contribution < 1.29 is 14.7 Å². The van der Waals surface area contributed by atoms with Crippen LogP contribution in [0.25, 0.3) is 0 Å². The fraction of sp³-hybridized carbons (Fsp3) is 0.385. The fourth-order valence-electron chi connectivity index (χ4n) is 2.09. The Balaban J connectivity index is 2.16. The molecule has 1 atom stereocenters. The molecule has 108 valence electrons. The van der Waals surface area contributed by atoms with E-state index in [1.165, 1.54) is 35.7 Å². The molecular formula is C13H13Cl2NO3S. The average Bonchev–Trinajstić information content (AvgIpc) is 2.72. The molecule has 2 rings (SSSR count). The van der Waals surface area contributed by atoms with E-state index in [1.54, 1.807) is 0 Å². The Morgan fingerprint density at radius 2 is 2.15 bits per heavy atom. The number of hydrogen-bond donors (Lipinski definition) is 1. The normalized spacial score (nSPS) is 18.6. The van der Waals surface area contributed by atoms with Gasteiger partial charge in [-0.2, -0.15) is 0 Å². The zero-order valence-electron chi connectivity index (χ0n) is 10.7. The Morgan fingerprint density at radius 3 is 2.80 bits per heavy atom. The molecule has 20 heavy (non-hydrogen) atoms. The Labute approximate surface area is 131 Å². The van der Waals surface area contributed by atoms with Gasteiger partial charge in [-0.3, -0.25) is 9.59 Å². The molecule has 1 heterocycles. The predicted molar refractivity (Wildman–Crippen MR) is 81.7 cm³/mol. The van der Waals surface area contributed by atoms with Crippen molar-refractivity contribution in [3.05, 3.63) is 22.2 Å². The van der Waals surface area contributed by atoms with Gasteiger partial charge in [0.1, 0.15) is 5.75 Å². The molecule has 0 aliphatic carbocycles. The van der Waals surface area contributed by atoms with Crippen LogP contribution in [0.5, 0.6) is 5.75 Å². The molecule has 0 saturated carbocycles. The molecule has 1 aliphatic rings. The summed E-state index contributed by atoms with van der Waals surface area (Å²) in [4.78, 5) is 24.5. The zero-order valence-corrected chi connectivity index (χ0v) is 13.1. The first-order chi connectivity index (χ1) is 9.38. The molecule has 1 aliphatic heterocycles. The van der Waals surface area contributed by atoms with Crippen LogP contribution in [0, 0.1) is 5.92 Å². The highest BCUT2D eigenvalue weighted by Crippen LogP contribution is 2.38. The number of anilines is 1. The number of aromatic hydroxyl groups is 1. The van der Waals surface area contributed by atoms with E-state index >= 15 is 0 Å². The van der Waals surface area contributed by atoms with E-state index in [1.807, 2.05) is 0 Å². The number of phenols is 1. The number of amides is 1. The number of phenolic OH excluding ortho intramolecular Hbond substituents is 1. The van der Waals surface area contributed by atoms with Crippen LogP contribution < -0.4 is 4.90 Å². The third-order valence-corrected chi connectivity index (χ3v) is 4.68. The van der Waals surface area contributed by atoms with Crippen molar-refractivity contribution in [1.29, 1.82) is 0 Å². The number of carbonyl (C=O) groups is 2. The van der Waals surface area contributed by atoms with Gasteiger partial charge in [0.15, 0.2) is 5.12 Å². The van der Waals surface area contributed by atoms with Gasteiger partial charge in [-0.25, -0.2) is 0 Å². The van der Waals surface area contributed by atoms with Gasteiger partial charge in [0.2, 0.25) is 5.91 Å². The Hall–Kier alpha value is -0.910. The lowest BCUT2D eigenvalue weighted by Gasteiger charge is -2.18. The number of rotatable bonds is 3. The van der Waals surface area contributed by atoms with E-state index in [0.29, 0.717) is 29.4 Å². The summed E-state index contributed by atoms with van der Waals surface area (Å²) >= 11 is 13.1. The predicted octanol–water partition coefficient (Wildman–Crippen LogP) is 3.33. The van der Waals surface area contributed by atoms with Gasteiger partial charge < -0.3 is 10.0 Å². The van der Waals surface area contributed by atoms with Crippen LogP contribution in [0.2, 0.25) is 10.0 Å². The number of thioether (sulfide) groups is 1. The van der Waals surface area contributed by atoms with Crippen LogP contribution in [0.4, 0.5) is 5.69 Å². The Bertz CT molecular complexity index is 565. The summed E-state index contributed by atoms with van der Waals surface area (Å²) in [6, 6.07) is 2.81. The number of benzene rings is 1. The number of hydrogen-bond acceptors (Lipinski definition) is 4. The van der Waals surface area contributed by atoms with E-state index < -0.39 is 0 Å². The summed E-state index contributed by atoms with van der Waals surface area (Å²) in [6.07, 6.45) is 0.375. The molecule has 1 aromatic rings. The quantitative estimate of drug-likeness (QED) is 0.921. The summed E-state index contributed by atoms with van der Waals surface area (Å²) in [7, 11) is 0. The molecule has 0 radical (unpaired) electrons. The topological polar surface area (TPSA) is 57.6 Å².